The number of carbonyl (C=O) groups is 1. The van der Waals surface area contributed by atoms with Crippen molar-refractivity contribution >= 4 is 5.97 Å². The van der Waals surface area contributed by atoms with Crippen molar-refractivity contribution in [3.63, 3.8) is 0 Å². The number of hydrogen-bond acceptors (Lipinski definition) is 6. The average molecular weight is 306 g/mol. The van der Waals surface area contributed by atoms with Crippen molar-refractivity contribution in [1.82, 2.24) is 0 Å². The van der Waals surface area contributed by atoms with Gasteiger partial charge in [0.2, 0.25) is 5.76 Å². The fourth-order valence-electron chi connectivity index (χ4n) is 2.46. The molecule has 2 heterocycles. The van der Waals surface area contributed by atoms with Crippen LogP contribution >= 0.6 is 0 Å². The maximum absolute atomic E-state index is 11.6. The first-order valence-electron chi connectivity index (χ1n) is 7.09. The van der Waals surface area contributed by atoms with E-state index in [1.54, 1.807) is 13.8 Å². The Morgan fingerprint density at radius 2 is 2.05 bits per heavy atom. The van der Waals surface area contributed by atoms with E-state index in [0.29, 0.717) is 0 Å². The standard InChI is InChI=1S/C16H18O6/c1-16(2)20-9-11(22-16)13-14(12(17)15(18)21-13)19-8-10-6-4-3-5-7-10/h3-7,11,13,17H,8-9H2,1-2H3/t11-,13?/m0/s1. The number of cyclic esters (lactones) is 1. The zero-order chi connectivity index (χ0) is 15.7. The molecule has 0 aliphatic carbocycles. The van der Waals surface area contributed by atoms with Gasteiger partial charge in [0, 0.05) is 0 Å². The molecule has 22 heavy (non-hydrogen) atoms. The van der Waals surface area contributed by atoms with Gasteiger partial charge in [-0.3, -0.25) is 0 Å². The van der Waals surface area contributed by atoms with Gasteiger partial charge in [-0.2, -0.15) is 0 Å². The highest BCUT2D eigenvalue weighted by molar-refractivity contribution is 5.89. The molecule has 3 rings (SSSR count). The van der Waals surface area contributed by atoms with Gasteiger partial charge in [-0.1, -0.05) is 30.3 Å². The molecule has 0 aromatic heterocycles. The predicted molar refractivity (Wildman–Crippen MR) is 75.7 cm³/mol. The van der Waals surface area contributed by atoms with Crippen LogP contribution in [0.1, 0.15) is 19.4 Å². The summed E-state index contributed by atoms with van der Waals surface area (Å²) < 4.78 is 21.9. The molecule has 0 saturated carbocycles. The normalized spacial score (nSPS) is 27.1. The van der Waals surface area contributed by atoms with Crippen molar-refractivity contribution in [1.29, 1.82) is 0 Å². The number of carbonyl (C=O) groups excluding carboxylic acids is 1. The van der Waals surface area contributed by atoms with E-state index in [1.807, 2.05) is 30.3 Å². The van der Waals surface area contributed by atoms with E-state index in [4.69, 9.17) is 18.9 Å². The van der Waals surface area contributed by atoms with Gasteiger partial charge in [0.1, 0.15) is 12.7 Å². The Morgan fingerprint density at radius 3 is 2.68 bits per heavy atom. The van der Waals surface area contributed by atoms with E-state index >= 15 is 0 Å². The van der Waals surface area contributed by atoms with Crippen LogP contribution in [0, 0.1) is 0 Å². The lowest BCUT2D eigenvalue weighted by Crippen LogP contribution is -2.33. The molecule has 0 radical (unpaired) electrons. The third-order valence-electron chi connectivity index (χ3n) is 3.52. The molecule has 1 aromatic carbocycles. The van der Waals surface area contributed by atoms with Gasteiger partial charge in [-0.05, 0) is 19.4 Å². The highest BCUT2D eigenvalue weighted by Crippen LogP contribution is 2.33. The average Bonchev–Trinajstić information content (AvgIpc) is 2.99. The van der Waals surface area contributed by atoms with Crippen LogP contribution in [0.2, 0.25) is 0 Å². The minimum atomic E-state index is -0.804. The topological polar surface area (TPSA) is 74.2 Å². The molecule has 1 aromatic rings. The van der Waals surface area contributed by atoms with E-state index in [1.165, 1.54) is 0 Å². The van der Waals surface area contributed by atoms with Gasteiger partial charge in [-0.15, -0.1) is 0 Å². The van der Waals surface area contributed by atoms with E-state index < -0.39 is 29.7 Å². The third-order valence-corrected chi connectivity index (χ3v) is 3.52. The van der Waals surface area contributed by atoms with Gasteiger partial charge in [0.05, 0.1) is 6.61 Å². The summed E-state index contributed by atoms with van der Waals surface area (Å²) >= 11 is 0. The van der Waals surface area contributed by atoms with Crippen molar-refractivity contribution in [2.24, 2.45) is 0 Å². The summed E-state index contributed by atoms with van der Waals surface area (Å²) in [6, 6.07) is 9.45. The second-order valence-electron chi connectivity index (χ2n) is 5.68. The summed E-state index contributed by atoms with van der Waals surface area (Å²) in [5, 5.41) is 9.88. The SMILES string of the molecule is CC1(C)OC[C@@H](C2OC(=O)C(O)=C2OCc2ccccc2)O1. The van der Waals surface area contributed by atoms with Crippen LogP contribution in [0.15, 0.2) is 41.9 Å². The Bertz CT molecular complexity index is 592. The monoisotopic (exact) mass is 306 g/mol. The number of esters is 1. The molecule has 0 amide bonds. The number of aliphatic hydroxyl groups is 1. The van der Waals surface area contributed by atoms with E-state index in [-0.39, 0.29) is 19.0 Å². The van der Waals surface area contributed by atoms with Crippen molar-refractivity contribution in [3.8, 4) is 0 Å². The molecule has 6 heteroatoms. The van der Waals surface area contributed by atoms with Gasteiger partial charge < -0.3 is 24.1 Å². The van der Waals surface area contributed by atoms with Crippen molar-refractivity contribution in [2.75, 3.05) is 6.61 Å². The first-order chi connectivity index (χ1) is 10.5. The highest BCUT2D eigenvalue weighted by atomic mass is 16.8. The molecule has 1 saturated heterocycles. The van der Waals surface area contributed by atoms with Crippen molar-refractivity contribution < 1.29 is 28.8 Å². The lowest BCUT2D eigenvalue weighted by atomic mass is 10.1. The minimum absolute atomic E-state index is 0.0974. The highest BCUT2D eigenvalue weighted by Gasteiger charge is 2.47. The summed E-state index contributed by atoms with van der Waals surface area (Å²) in [5.41, 5.74) is 0.921. The predicted octanol–water partition coefficient (Wildman–Crippen LogP) is 2.05. The van der Waals surface area contributed by atoms with Crippen LogP contribution in [0.25, 0.3) is 0 Å². The second-order valence-corrected chi connectivity index (χ2v) is 5.68. The Hall–Kier alpha value is -2.05. The lowest BCUT2D eigenvalue weighted by molar-refractivity contribution is -0.163. The summed E-state index contributed by atoms with van der Waals surface area (Å²) in [7, 11) is 0. The maximum atomic E-state index is 11.6. The zero-order valence-corrected chi connectivity index (χ0v) is 12.4. The second kappa shape index (κ2) is 5.62. The Kier molecular flexibility index (Phi) is 3.80. The summed E-state index contributed by atoms with van der Waals surface area (Å²) in [5.74, 6) is -1.96. The molecular weight excluding hydrogens is 288 g/mol. The number of rotatable bonds is 4. The Balaban J connectivity index is 1.73. The van der Waals surface area contributed by atoms with Gasteiger partial charge in [0.25, 0.3) is 0 Å². The van der Waals surface area contributed by atoms with Crippen LogP contribution in [-0.4, -0.2) is 35.7 Å². The Morgan fingerprint density at radius 1 is 1.32 bits per heavy atom. The number of hydrogen-bond donors (Lipinski definition) is 1. The van der Waals surface area contributed by atoms with Crippen LogP contribution in [0.3, 0.4) is 0 Å². The number of aliphatic hydroxyl groups excluding tert-OH is 1. The molecule has 6 nitrogen and oxygen atoms in total. The van der Waals surface area contributed by atoms with Crippen molar-refractivity contribution in [2.45, 2.75) is 38.4 Å². The molecule has 2 aliphatic heterocycles. The van der Waals surface area contributed by atoms with Gasteiger partial charge in [0.15, 0.2) is 17.7 Å². The van der Waals surface area contributed by atoms with E-state index in [0.717, 1.165) is 5.56 Å². The van der Waals surface area contributed by atoms with Crippen LogP contribution < -0.4 is 0 Å². The third kappa shape index (κ3) is 2.93. The fraction of sp³-hybridized carbons (Fsp3) is 0.438. The van der Waals surface area contributed by atoms with E-state index in [9.17, 15) is 9.90 Å². The molecule has 0 spiro atoms. The molecule has 1 N–H and O–H groups in total. The molecule has 0 bridgehead atoms. The van der Waals surface area contributed by atoms with E-state index in [2.05, 4.69) is 0 Å². The smallest absolute Gasteiger partial charge is 0.378 e. The van der Waals surface area contributed by atoms with Crippen LogP contribution in [0.4, 0.5) is 0 Å². The molecule has 2 atom stereocenters. The van der Waals surface area contributed by atoms with Gasteiger partial charge in [-0.25, -0.2) is 4.79 Å². The maximum Gasteiger partial charge on any atom is 0.378 e. The molecular formula is C16H18O6. The van der Waals surface area contributed by atoms with Crippen LogP contribution in [-0.2, 0) is 30.3 Å². The zero-order valence-electron chi connectivity index (χ0n) is 12.4. The minimum Gasteiger partial charge on any atom is -0.499 e. The summed E-state index contributed by atoms with van der Waals surface area (Å²) in [4.78, 5) is 11.6. The largest absolute Gasteiger partial charge is 0.499 e. The summed E-state index contributed by atoms with van der Waals surface area (Å²) in [6.45, 7) is 4.04. The quantitative estimate of drug-likeness (QED) is 0.858. The van der Waals surface area contributed by atoms with Crippen LogP contribution in [0.5, 0.6) is 0 Å². The van der Waals surface area contributed by atoms with Crippen molar-refractivity contribution in [3.05, 3.63) is 47.4 Å². The number of benzene rings is 1. The number of ether oxygens (including phenoxy) is 4. The lowest BCUT2D eigenvalue weighted by Gasteiger charge is -2.21. The molecule has 118 valence electrons. The summed E-state index contributed by atoms with van der Waals surface area (Å²) in [6.07, 6.45) is -1.30. The molecule has 1 unspecified atom stereocenters. The molecule has 1 fully saturated rings. The first kappa shape index (κ1) is 14.9. The Labute approximate surface area is 128 Å². The first-order valence-corrected chi connectivity index (χ1v) is 7.09. The fourth-order valence-corrected chi connectivity index (χ4v) is 2.46. The molecule has 2 aliphatic rings. The van der Waals surface area contributed by atoms with Gasteiger partial charge >= 0.3 is 5.97 Å².